The van der Waals surface area contributed by atoms with E-state index in [1.165, 1.54) is 0 Å². The minimum Gasteiger partial charge on any atom is -0.395 e. The van der Waals surface area contributed by atoms with Gasteiger partial charge >= 0.3 is 0 Å². The molecular weight excluding hydrogens is 244 g/mol. The third kappa shape index (κ3) is 4.51. The number of nitrogens with one attached hydrogen (secondary N) is 1. The van der Waals surface area contributed by atoms with Gasteiger partial charge in [-0.05, 0) is 13.3 Å². The van der Waals surface area contributed by atoms with Crippen LogP contribution in [-0.4, -0.2) is 69.7 Å². The summed E-state index contributed by atoms with van der Waals surface area (Å²) >= 11 is 0. The maximum absolute atomic E-state index is 11.2. The summed E-state index contributed by atoms with van der Waals surface area (Å²) in [6.07, 6.45) is 0.933. The van der Waals surface area contributed by atoms with E-state index in [1.807, 2.05) is 0 Å². The fourth-order valence-electron chi connectivity index (χ4n) is 2.02. The van der Waals surface area contributed by atoms with E-state index in [9.17, 15) is 13.5 Å². The van der Waals surface area contributed by atoms with Crippen molar-refractivity contribution in [2.45, 2.75) is 25.5 Å². The third-order valence-electron chi connectivity index (χ3n) is 3.13. The highest BCUT2D eigenvalue weighted by atomic mass is 32.2. The minimum absolute atomic E-state index is 0.0751. The van der Waals surface area contributed by atoms with Gasteiger partial charge in [0.1, 0.15) is 0 Å². The molecule has 1 heterocycles. The molecule has 7 heteroatoms. The van der Waals surface area contributed by atoms with Crippen molar-refractivity contribution in [1.29, 1.82) is 0 Å². The molecule has 2 N–H and O–H groups in total. The highest BCUT2D eigenvalue weighted by Crippen LogP contribution is 2.18. The highest BCUT2D eigenvalue weighted by molar-refractivity contribution is 7.89. The Morgan fingerprint density at radius 3 is 2.76 bits per heavy atom. The molecule has 0 aromatic rings. The van der Waals surface area contributed by atoms with E-state index >= 15 is 0 Å². The van der Waals surface area contributed by atoms with E-state index in [-0.39, 0.29) is 24.5 Å². The van der Waals surface area contributed by atoms with E-state index < -0.39 is 10.0 Å². The molecule has 1 fully saturated rings. The van der Waals surface area contributed by atoms with Gasteiger partial charge < -0.3 is 9.84 Å². The van der Waals surface area contributed by atoms with Crippen molar-refractivity contribution in [3.8, 4) is 0 Å². The van der Waals surface area contributed by atoms with Gasteiger partial charge in [0.25, 0.3) is 0 Å². The molecule has 0 unspecified atom stereocenters. The average molecular weight is 266 g/mol. The Bertz CT molecular complexity index is 320. The second-order valence-electron chi connectivity index (χ2n) is 4.22. The number of aliphatic hydroxyl groups is 1. The lowest BCUT2D eigenvalue weighted by molar-refractivity contribution is 0.108. The smallest absolute Gasteiger partial charge is 0.211 e. The molecule has 6 nitrogen and oxygen atoms in total. The lowest BCUT2D eigenvalue weighted by Crippen LogP contribution is -2.39. The molecule has 2 atom stereocenters. The number of hydrogen-bond acceptors (Lipinski definition) is 5. The monoisotopic (exact) mass is 266 g/mol. The van der Waals surface area contributed by atoms with Gasteiger partial charge in [-0.1, -0.05) is 0 Å². The summed E-state index contributed by atoms with van der Waals surface area (Å²) in [6, 6.07) is 0.0751. The van der Waals surface area contributed by atoms with Gasteiger partial charge in [0.2, 0.25) is 10.0 Å². The van der Waals surface area contributed by atoms with Crippen LogP contribution >= 0.6 is 0 Å². The molecule has 1 rings (SSSR count). The molecule has 0 aromatic carbocycles. The number of likely N-dealkylation sites (tertiary alicyclic amines) is 1. The maximum atomic E-state index is 11.2. The van der Waals surface area contributed by atoms with Crippen LogP contribution in [-0.2, 0) is 14.8 Å². The van der Waals surface area contributed by atoms with E-state index in [4.69, 9.17) is 4.74 Å². The van der Waals surface area contributed by atoms with E-state index in [2.05, 4.69) is 9.62 Å². The van der Waals surface area contributed by atoms with Crippen molar-refractivity contribution in [3.63, 3.8) is 0 Å². The van der Waals surface area contributed by atoms with Crippen LogP contribution in [0.15, 0.2) is 0 Å². The van der Waals surface area contributed by atoms with Gasteiger partial charge in [-0.2, -0.15) is 0 Å². The zero-order chi connectivity index (χ0) is 12.9. The van der Waals surface area contributed by atoms with Gasteiger partial charge in [0.15, 0.2) is 0 Å². The molecule has 0 spiro atoms. The zero-order valence-electron chi connectivity index (χ0n) is 10.4. The van der Waals surface area contributed by atoms with E-state index in [0.29, 0.717) is 13.1 Å². The quantitative estimate of drug-likeness (QED) is 0.618. The number of sulfonamides is 1. The molecule has 0 aliphatic carbocycles. The molecular formula is C10H22N2O4S. The van der Waals surface area contributed by atoms with Crippen molar-refractivity contribution >= 4 is 10.0 Å². The summed E-state index contributed by atoms with van der Waals surface area (Å²) < 4.78 is 30.3. The Balaban J connectivity index is 2.36. The number of methoxy groups -OCH3 is 1. The summed E-state index contributed by atoms with van der Waals surface area (Å²) in [6.45, 7) is 3.42. The molecule has 1 aliphatic rings. The third-order valence-corrected chi connectivity index (χ3v) is 4.54. The van der Waals surface area contributed by atoms with E-state index in [1.54, 1.807) is 14.0 Å². The Morgan fingerprint density at radius 1 is 1.53 bits per heavy atom. The van der Waals surface area contributed by atoms with Crippen molar-refractivity contribution in [2.24, 2.45) is 0 Å². The first-order chi connectivity index (χ1) is 8.02. The first kappa shape index (κ1) is 14.8. The molecule has 0 amide bonds. The predicted molar refractivity (Wildman–Crippen MR) is 65.3 cm³/mol. The van der Waals surface area contributed by atoms with Gasteiger partial charge in [-0.3, -0.25) is 4.90 Å². The summed E-state index contributed by atoms with van der Waals surface area (Å²) in [5, 5.41) is 9.22. The number of hydrogen-bond donors (Lipinski definition) is 2. The summed E-state index contributed by atoms with van der Waals surface area (Å²) in [5.41, 5.74) is 0. The molecule has 17 heavy (non-hydrogen) atoms. The second kappa shape index (κ2) is 6.65. The van der Waals surface area contributed by atoms with Crippen LogP contribution in [0.4, 0.5) is 0 Å². The van der Waals surface area contributed by atoms with Crippen LogP contribution in [0, 0.1) is 0 Å². The van der Waals surface area contributed by atoms with Crippen LogP contribution in [0.2, 0.25) is 0 Å². The number of rotatable bonds is 7. The van der Waals surface area contributed by atoms with Gasteiger partial charge in [-0.25, -0.2) is 13.1 Å². The lowest BCUT2D eigenvalue weighted by atomic mass is 10.2. The normalized spacial score (nSPS) is 26.5. The fourth-order valence-corrected chi connectivity index (χ4v) is 2.63. The number of aliphatic hydroxyl groups excluding tert-OH is 1. The Hall–Kier alpha value is -0.210. The summed E-state index contributed by atoms with van der Waals surface area (Å²) in [7, 11) is -1.47. The molecule has 0 saturated carbocycles. The number of nitrogens with zero attached hydrogens (tertiary/aromatic N) is 1. The topological polar surface area (TPSA) is 78.9 Å². The molecule has 0 bridgehead atoms. The lowest BCUT2D eigenvalue weighted by Gasteiger charge is -2.22. The number of ether oxygens (including phenoxy) is 1. The molecule has 102 valence electrons. The summed E-state index contributed by atoms with van der Waals surface area (Å²) in [5.74, 6) is 0.0944. The Morgan fingerprint density at radius 2 is 2.24 bits per heavy atom. The SMILES string of the molecule is CCS(=O)(=O)NCCN1C[C@@H](OC)C[C@H]1CO. The highest BCUT2D eigenvalue weighted by Gasteiger charge is 2.31. The average Bonchev–Trinajstić information content (AvgIpc) is 2.71. The Labute approximate surface area is 103 Å². The fraction of sp³-hybridized carbons (Fsp3) is 1.00. The van der Waals surface area contributed by atoms with Crippen LogP contribution < -0.4 is 4.72 Å². The maximum Gasteiger partial charge on any atom is 0.211 e. The van der Waals surface area contributed by atoms with Crippen LogP contribution in [0.5, 0.6) is 0 Å². The van der Waals surface area contributed by atoms with Crippen molar-refractivity contribution in [3.05, 3.63) is 0 Å². The van der Waals surface area contributed by atoms with Gasteiger partial charge in [-0.15, -0.1) is 0 Å². The van der Waals surface area contributed by atoms with Gasteiger partial charge in [0.05, 0.1) is 18.5 Å². The van der Waals surface area contributed by atoms with Crippen LogP contribution in [0.1, 0.15) is 13.3 Å². The molecule has 0 radical (unpaired) electrons. The molecule has 0 aromatic heterocycles. The first-order valence-corrected chi connectivity index (χ1v) is 7.52. The Kier molecular flexibility index (Phi) is 5.81. The van der Waals surface area contributed by atoms with Crippen molar-refractivity contribution in [1.82, 2.24) is 9.62 Å². The zero-order valence-corrected chi connectivity index (χ0v) is 11.2. The predicted octanol–water partition coefficient (Wildman–Crippen LogP) is -0.993. The largest absolute Gasteiger partial charge is 0.395 e. The van der Waals surface area contributed by atoms with Crippen molar-refractivity contribution in [2.75, 3.05) is 39.1 Å². The molecule has 1 aliphatic heterocycles. The first-order valence-electron chi connectivity index (χ1n) is 5.87. The van der Waals surface area contributed by atoms with Crippen molar-refractivity contribution < 1.29 is 18.3 Å². The van der Waals surface area contributed by atoms with Crippen LogP contribution in [0.3, 0.4) is 0 Å². The minimum atomic E-state index is -3.12. The molecule has 1 saturated heterocycles. The second-order valence-corrected chi connectivity index (χ2v) is 6.32. The summed E-state index contributed by atoms with van der Waals surface area (Å²) in [4.78, 5) is 2.06. The van der Waals surface area contributed by atoms with Gasteiger partial charge in [0, 0.05) is 32.8 Å². The standard InChI is InChI=1S/C10H22N2O4S/c1-3-17(14,15)11-4-5-12-7-10(16-2)6-9(12)8-13/h9-11,13H,3-8H2,1-2H3/t9-,10-/m0/s1. The van der Waals surface area contributed by atoms with Crippen LogP contribution in [0.25, 0.3) is 0 Å². The van der Waals surface area contributed by atoms with E-state index in [0.717, 1.165) is 13.0 Å².